The largest absolute Gasteiger partial charge is 0.381 e. The first-order valence-corrected chi connectivity index (χ1v) is 6.49. The van der Waals surface area contributed by atoms with Crippen LogP contribution in [0.3, 0.4) is 0 Å². The molecule has 1 saturated carbocycles. The van der Waals surface area contributed by atoms with Crippen molar-refractivity contribution in [2.24, 2.45) is 0 Å². The van der Waals surface area contributed by atoms with Gasteiger partial charge in [0.1, 0.15) is 0 Å². The summed E-state index contributed by atoms with van der Waals surface area (Å²) in [5.41, 5.74) is 1.21. The van der Waals surface area contributed by atoms with E-state index in [2.05, 4.69) is 17.2 Å². The number of hydrogen-bond acceptors (Lipinski definition) is 3. The molecule has 0 aromatic heterocycles. The van der Waals surface area contributed by atoms with Crippen LogP contribution in [0.25, 0.3) is 0 Å². The highest BCUT2D eigenvalue weighted by molar-refractivity contribution is 5.99. The summed E-state index contributed by atoms with van der Waals surface area (Å²) in [6.07, 6.45) is 3.17. The Morgan fingerprint density at radius 2 is 1.95 bits per heavy atom. The smallest absolute Gasteiger partial charge is 0.251 e. The van der Waals surface area contributed by atoms with Gasteiger partial charge in [-0.05, 0) is 43.2 Å². The Balaban J connectivity index is 1.87. The Labute approximate surface area is 118 Å². The molecule has 0 atom stereocenters. The number of methoxy groups -OCH3 is 1. The predicted octanol–water partition coefficient (Wildman–Crippen LogP) is 1.72. The van der Waals surface area contributed by atoms with Crippen LogP contribution in [-0.4, -0.2) is 31.1 Å². The van der Waals surface area contributed by atoms with Crippen LogP contribution >= 0.6 is 0 Å². The minimum absolute atomic E-state index is 0.105. The van der Waals surface area contributed by atoms with Gasteiger partial charge >= 0.3 is 0 Å². The van der Waals surface area contributed by atoms with Gasteiger partial charge < -0.3 is 15.4 Å². The molecular formula is C15H18N2O3. The summed E-state index contributed by atoms with van der Waals surface area (Å²) in [6.45, 7) is 3.38. The number of hydrogen-bond donors (Lipinski definition) is 2. The number of nitrogens with one attached hydrogen (secondary N) is 2. The number of carbonyl (C=O) groups excluding carboxylic acids is 2. The molecular weight excluding hydrogens is 256 g/mol. The lowest BCUT2D eigenvalue weighted by atomic mass is 9.89. The summed E-state index contributed by atoms with van der Waals surface area (Å²) >= 11 is 0. The molecule has 106 valence electrons. The minimum atomic E-state index is -0.276. The molecule has 5 heteroatoms. The minimum Gasteiger partial charge on any atom is -0.381 e. The Kier molecular flexibility index (Phi) is 4.53. The van der Waals surface area contributed by atoms with E-state index >= 15 is 0 Å². The number of benzene rings is 1. The Morgan fingerprint density at radius 3 is 2.50 bits per heavy atom. The van der Waals surface area contributed by atoms with E-state index in [4.69, 9.17) is 4.74 Å². The topological polar surface area (TPSA) is 67.4 Å². The lowest BCUT2D eigenvalue weighted by Gasteiger charge is -2.34. The molecule has 0 saturated heterocycles. The SMILES string of the molecule is C=CC(=O)Nc1ccc(C(=O)NC2CC(OC)C2)cc1. The summed E-state index contributed by atoms with van der Waals surface area (Å²) in [4.78, 5) is 23.1. The van der Waals surface area contributed by atoms with Crippen molar-refractivity contribution in [2.75, 3.05) is 12.4 Å². The molecule has 0 spiro atoms. The van der Waals surface area contributed by atoms with Crippen molar-refractivity contribution < 1.29 is 14.3 Å². The lowest BCUT2D eigenvalue weighted by Crippen LogP contribution is -2.47. The van der Waals surface area contributed by atoms with Gasteiger partial charge in [-0.15, -0.1) is 0 Å². The molecule has 1 aromatic carbocycles. The third kappa shape index (κ3) is 3.45. The second-order valence-corrected chi connectivity index (χ2v) is 4.77. The molecule has 20 heavy (non-hydrogen) atoms. The molecule has 5 nitrogen and oxygen atoms in total. The van der Waals surface area contributed by atoms with Gasteiger partial charge in [0.2, 0.25) is 5.91 Å². The fourth-order valence-corrected chi connectivity index (χ4v) is 2.04. The van der Waals surface area contributed by atoms with Crippen LogP contribution < -0.4 is 10.6 Å². The number of ether oxygens (including phenoxy) is 1. The van der Waals surface area contributed by atoms with Crippen LogP contribution in [0.2, 0.25) is 0 Å². The Hall–Kier alpha value is -2.14. The summed E-state index contributed by atoms with van der Waals surface area (Å²) in [7, 11) is 1.68. The van der Waals surface area contributed by atoms with E-state index in [1.807, 2.05) is 0 Å². The zero-order valence-corrected chi connectivity index (χ0v) is 11.4. The van der Waals surface area contributed by atoms with Crippen molar-refractivity contribution in [3.63, 3.8) is 0 Å². The summed E-state index contributed by atoms with van der Waals surface area (Å²) in [5.74, 6) is -0.381. The van der Waals surface area contributed by atoms with E-state index in [1.165, 1.54) is 6.08 Å². The predicted molar refractivity (Wildman–Crippen MR) is 76.6 cm³/mol. The second-order valence-electron chi connectivity index (χ2n) is 4.77. The first-order chi connectivity index (χ1) is 9.62. The van der Waals surface area contributed by atoms with Gasteiger partial charge in [-0.2, -0.15) is 0 Å². The van der Waals surface area contributed by atoms with Crippen molar-refractivity contribution in [1.82, 2.24) is 5.32 Å². The van der Waals surface area contributed by atoms with Crippen molar-refractivity contribution in [3.8, 4) is 0 Å². The average molecular weight is 274 g/mol. The van der Waals surface area contributed by atoms with Gasteiger partial charge in [0, 0.05) is 24.4 Å². The molecule has 0 heterocycles. The summed E-state index contributed by atoms with van der Waals surface area (Å²) in [6, 6.07) is 6.93. The highest BCUT2D eigenvalue weighted by atomic mass is 16.5. The standard InChI is InChI=1S/C15H18N2O3/c1-3-14(18)16-11-6-4-10(5-7-11)15(19)17-12-8-13(9-12)20-2/h3-7,12-13H,1,8-9H2,2H3,(H,16,18)(H,17,19). The van der Waals surface area contributed by atoms with Gasteiger partial charge in [0.05, 0.1) is 6.10 Å². The van der Waals surface area contributed by atoms with Crippen LogP contribution in [0.5, 0.6) is 0 Å². The van der Waals surface area contributed by atoms with Crippen LogP contribution in [0.15, 0.2) is 36.9 Å². The number of rotatable bonds is 5. The Morgan fingerprint density at radius 1 is 1.30 bits per heavy atom. The average Bonchev–Trinajstić information content (AvgIpc) is 2.42. The van der Waals surface area contributed by atoms with E-state index in [0.717, 1.165) is 12.8 Å². The maximum Gasteiger partial charge on any atom is 0.251 e. The number of amides is 2. The molecule has 0 aliphatic heterocycles. The fourth-order valence-electron chi connectivity index (χ4n) is 2.04. The first kappa shape index (κ1) is 14.3. The zero-order chi connectivity index (χ0) is 14.5. The van der Waals surface area contributed by atoms with Crippen LogP contribution in [-0.2, 0) is 9.53 Å². The maximum absolute atomic E-state index is 12.0. The van der Waals surface area contributed by atoms with E-state index < -0.39 is 0 Å². The normalized spacial score (nSPS) is 20.6. The van der Waals surface area contributed by atoms with Gasteiger partial charge in [-0.1, -0.05) is 6.58 Å². The third-order valence-corrected chi connectivity index (χ3v) is 3.36. The summed E-state index contributed by atoms with van der Waals surface area (Å²) < 4.78 is 5.17. The van der Waals surface area contributed by atoms with Gasteiger partial charge in [0.25, 0.3) is 5.91 Å². The quantitative estimate of drug-likeness (QED) is 0.803. The van der Waals surface area contributed by atoms with Crippen molar-refractivity contribution >= 4 is 17.5 Å². The van der Waals surface area contributed by atoms with Crippen molar-refractivity contribution in [1.29, 1.82) is 0 Å². The fraction of sp³-hybridized carbons (Fsp3) is 0.333. The zero-order valence-electron chi connectivity index (χ0n) is 11.4. The molecule has 2 N–H and O–H groups in total. The first-order valence-electron chi connectivity index (χ1n) is 6.49. The van der Waals surface area contributed by atoms with Gasteiger partial charge in [-0.25, -0.2) is 0 Å². The van der Waals surface area contributed by atoms with E-state index in [1.54, 1.807) is 31.4 Å². The summed E-state index contributed by atoms with van der Waals surface area (Å²) in [5, 5.41) is 5.57. The molecule has 0 radical (unpaired) electrons. The monoisotopic (exact) mass is 274 g/mol. The molecule has 0 bridgehead atoms. The van der Waals surface area contributed by atoms with Crippen LogP contribution in [0.1, 0.15) is 23.2 Å². The number of anilines is 1. The van der Waals surface area contributed by atoms with Crippen molar-refractivity contribution in [2.45, 2.75) is 25.0 Å². The maximum atomic E-state index is 12.0. The molecule has 2 amide bonds. The molecule has 1 aliphatic carbocycles. The number of carbonyl (C=O) groups is 2. The molecule has 2 rings (SSSR count). The van der Waals surface area contributed by atoms with E-state index in [9.17, 15) is 9.59 Å². The molecule has 1 aromatic rings. The molecule has 1 aliphatic rings. The van der Waals surface area contributed by atoms with Crippen LogP contribution in [0.4, 0.5) is 5.69 Å². The van der Waals surface area contributed by atoms with E-state index in [-0.39, 0.29) is 24.0 Å². The molecule has 0 unspecified atom stereocenters. The van der Waals surface area contributed by atoms with Crippen LogP contribution in [0, 0.1) is 0 Å². The lowest BCUT2D eigenvalue weighted by molar-refractivity contribution is -0.111. The molecule has 1 fully saturated rings. The van der Waals surface area contributed by atoms with Crippen molar-refractivity contribution in [3.05, 3.63) is 42.5 Å². The van der Waals surface area contributed by atoms with E-state index in [0.29, 0.717) is 11.3 Å². The Bertz CT molecular complexity index is 504. The second kappa shape index (κ2) is 6.34. The highest BCUT2D eigenvalue weighted by Crippen LogP contribution is 2.22. The third-order valence-electron chi connectivity index (χ3n) is 3.36. The highest BCUT2D eigenvalue weighted by Gasteiger charge is 2.30. The van der Waals surface area contributed by atoms with Gasteiger partial charge in [-0.3, -0.25) is 9.59 Å². The van der Waals surface area contributed by atoms with Gasteiger partial charge in [0.15, 0.2) is 0 Å².